The summed E-state index contributed by atoms with van der Waals surface area (Å²) in [6.07, 6.45) is 1.83. The average molecular weight is 522 g/mol. The van der Waals surface area contributed by atoms with Crippen molar-refractivity contribution < 1.29 is 19.1 Å². The van der Waals surface area contributed by atoms with Crippen molar-refractivity contribution in [2.24, 2.45) is 0 Å². The zero-order valence-corrected chi connectivity index (χ0v) is 22.9. The van der Waals surface area contributed by atoms with E-state index in [2.05, 4.69) is 52.6 Å². The molecule has 0 spiro atoms. The fourth-order valence-electron chi connectivity index (χ4n) is 3.51. The summed E-state index contributed by atoms with van der Waals surface area (Å²) in [5.41, 5.74) is 1.40. The molecule has 7 nitrogen and oxygen atoms in total. The molecule has 0 heterocycles. The van der Waals surface area contributed by atoms with Gasteiger partial charge in [0.1, 0.15) is 11.6 Å². The summed E-state index contributed by atoms with van der Waals surface area (Å²) in [4.78, 5) is 37.3. The average Bonchev–Trinajstić information content (AvgIpc) is 3.63. The Kier molecular flexibility index (Phi) is 9.06. The predicted molar refractivity (Wildman–Crippen MR) is 147 cm³/mol. The lowest BCUT2D eigenvalue weighted by molar-refractivity contribution is -0.113. The molecule has 0 saturated heterocycles. The number of ether oxygens (including phenoxy) is 1. The number of rotatable bonds is 8. The van der Waals surface area contributed by atoms with Gasteiger partial charge in [0.2, 0.25) is 5.12 Å². The van der Waals surface area contributed by atoms with E-state index in [1.165, 1.54) is 18.4 Å². The maximum absolute atomic E-state index is 12.9. The molecular formula is C29H35N3O4S. The fourth-order valence-corrected chi connectivity index (χ4v) is 3.90. The third-order valence-corrected chi connectivity index (χ3v) is 5.95. The summed E-state index contributed by atoms with van der Waals surface area (Å²) in [6.45, 7) is 9.31. The maximum atomic E-state index is 12.9. The zero-order chi connectivity index (χ0) is 27.2. The highest BCUT2D eigenvalue weighted by Crippen LogP contribution is 2.19. The van der Waals surface area contributed by atoms with Crippen LogP contribution >= 0.6 is 12.6 Å². The van der Waals surface area contributed by atoms with E-state index < -0.39 is 34.3 Å². The van der Waals surface area contributed by atoms with Gasteiger partial charge in [-0.05, 0) is 89.4 Å². The number of alkyl carbamates (subject to hydrolysis) is 1. The molecule has 1 saturated carbocycles. The standard InChI is InChI=1S/C29H35N3O4S/c1-28(2,3)36-27(35)32-29(4,5)24(26(34)37)31-25(33)22-14-12-20(13-15-22)7-6-19-8-10-21(11-9-19)18-30-23-16-17-23/h8-15,23-24,30H,16-18H2,1-5H3,(H,31,33)(H,32,35)(H,34,37). The van der Waals surface area contributed by atoms with Crippen molar-refractivity contribution in [1.82, 2.24) is 16.0 Å². The molecule has 8 heteroatoms. The van der Waals surface area contributed by atoms with Crippen LogP contribution in [0.2, 0.25) is 0 Å². The van der Waals surface area contributed by atoms with Gasteiger partial charge in [-0.25, -0.2) is 4.79 Å². The molecule has 0 aromatic heterocycles. The van der Waals surface area contributed by atoms with Gasteiger partial charge < -0.3 is 20.7 Å². The van der Waals surface area contributed by atoms with Crippen LogP contribution in [0, 0.1) is 11.8 Å². The SMILES string of the molecule is CC(C)(C)OC(=O)NC(C)(C)C(NC(=O)c1ccc(C#Cc2ccc(CNC3CC3)cc2)cc1)C(=O)S. The molecule has 2 aromatic rings. The minimum absolute atomic E-state index is 0.353. The van der Waals surface area contributed by atoms with Crippen molar-refractivity contribution in [3.05, 3.63) is 70.8 Å². The van der Waals surface area contributed by atoms with Crippen LogP contribution in [0.25, 0.3) is 0 Å². The van der Waals surface area contributed by atoms with Crippen LogP contribution in [0.3, 0.4) is 0 Å². The first-order valence-corrected chi connectivity index (χ1v) is 12.8. The summed E-state index contributed by atoms with van der Waals surface area (Å²) >= 11 is 3.92. The first-order valence-electron chi connectivity index (χ1n) is 12.3. The second-order valence-electron chi connectivity index (χ2n) is 10.8. The largest absolute Gasteiger partial charge is 0.444 e. The topological polar surface area (TPSA) is 96.5 Å². The molecule has 1 atom stereocenters. The third kappa shape index (κ3) is 9.27. The molecule has 37 heavy (non-hydrogen) atoms. The lowest BCUT2D eigenvalue weighted by Crippen LogP contribution is -2.61. The van der Waals surface area contributed by atoms with Crippen molar-refractivity contribution in [2.45, 2.75) is 77.2 Å². The molecule has 1 aliphatic carbocycles. The smallest absolute Gasteiger partial charge is 0.408 e. The van der Waals surface area contributed by atoms with Crippen molar-refractivity contribution >= 4 is 29.7 Å². The van der Waals surface area contributed by atoms with E-state index in [9.17, 15) is 14.4 Å². The number of amides is 2. The summed E-state index contributed by atoms with van der Waals surface area (Å²) in [7, 11) is 0. The van der Waals surface area contributed by atoms with E-state index in [4.69, 9.17) is 4.74 Å². The van der Waals surface area contributed by atoms with Gasteiger partial charge in [-0.1, -0.05) is 24.0 Å². The zero-order valence-electron chi connectivity index (χ0n) is 22.0. The van der Waals surface area contributed by atoms with Gasteiger partial charge in [0, 0.05) is 29.3 Å². The summed E-state index contributed by atoms with van der Waals surface area (Å²) in [5.74, 6) is 5.77. The first kappa shape index (κ1) is 28.3. The molecule has 0 radical (unpaired) electrons. The fraction of sp³-hybridized carbons (Fsp3) is 0.414. The Bertz CT molecular complexity index is 1180. The number of benzene rings is 2. The number of hydrogen-bond acceptors (Lipinski definition) is 5. The van der Waals surface area contributed by atoms with E-state index in [0.29, 0.717) is 11.6 Å². The van der Waals surface area contributed by atoms with Gasteiger partial charge in [0.05, 0.1) is 5.54 Å². The van der Waals surface area contributed by atoms with Crippen molar-refractivity contribution in [2.75, 3.05) is 0 Å². The van der Waals surface area contributed by atoms with Crippen LogP contribution < -0.4 is 16.0 Å². The third-order valence-electron chi connectivity index (χ3n) is 5.69. The van der Waals surface area contributed by atoms with Crippen molar-refractivity contribution in [3.63, 3.8) is 0 Å². The Balaban J connectivity index is 1.60. The Morgan fingerprint density at radius 3 is 1.97 bits per heavy atom. The van der Waals surface area contributed by atoms with Crippen LogP contribution in [0.4, 0.5) is 4.79 Å². The highest BCUT2D eigenvalue weighted by Gasteiger charge is 2.37. The summed E-state index contributed by atoms with van der Waals surface area (Å²) in [6, 6.07) is 14.5. The van der Waals surface area contributed by atoms with Crippen LogP contribution in [0.15, 0.2) is 48.5 Å². The van der Waals surface area contributed by atoms with Gasteiger partial charge in [0.25, 0.3) is 5.91 Å². The molecule has 0 aliphatic heterocycles. The van der Waals surface area contributed by atoms with E-state index in [0.717, 1.165) is 17.7 Å². The molecule has 2 aromatic carbocycles. The van der Waals surface area contributed by atoms with Gasteiger partial charge in [0.15, 0.2) is 0 Å². The van der Waals surface area contributed by atoms with Crippen molar-refractivity contribution in [3.8, 4) is 11.8 Å². The molecule has 2 amide bonds. The quantitative estimate of drug-likeness (QED) is 0.309. The second kappa shape index (κ2) is 11.8. The molecule has 1 aliphatic rings. The van der Waals surface area contributed by atoms with E-state index in [-0.39, 0.29) is 0 Å². The summed E-state index contributed by atoms with van der Waals surface area (Å²) < 4.78 is 5.27. The first-order chi connectivity index (χ1) is 17.3. The molecular weight excluding hydrogens is 486 g/mol. The summed E-state index contributed by atoms with van der Waals surface area (Å²) in [5, 5.41) is 8.21. The lowest BCUT2D eigenvalue weighted by Gasteiger charge is -2.34. The van der Waals surface area contributed by atoms with Crippen molar-refractivity contribution in [1.29, 1.82) is 0 Å². The molecule has 3 N–H and O–H groups in total. The van der Waals surface area contributed by atoms with Gasteiger partial charge >= 0.3 is 6.09 Å². The normalized spacial score (nSPS) is 14.1. The number of nitrogens with one attached hydrogen (secondary N) is 3. The van der Waals surface area contributed by atoms with E-state index >= 15 is 0 Å². The Hall–Kier alpha value is -3.28. The molecule has 3 rings (SSSR count). The Morgan fingerprint density at radius 2 is 1.49 bits per heavy atom. The van der Waals surface area contributed by atoms with Gasteiger partial charge in [-0.2, -0.15) is 0 Å². The Morgan fingerprint density at radius 1 is 0.946 bits per heavy atom. The highest BCUT2D eigenvalue weighted by atomic mass is 32.1. The van der Waals surface area contributed by atoms with Gasteiger partial charge in [-0.3, -0.25) is 9.59 Å². The second-order valence-corrected chi connectivity index (χ2v) is 11.2. The Labute approximate surface area is 224 Å². The maximum Gasteiger partial charge on any atom is 0.408 e. The number of hydrogen-bond donors (Lipinski definition) is 4. The van der Waals surface area contributed by atoms with Crippen LogP contribution in [-0.2, 0) is 16.1 Å². The molecule has 1 unspecified atom stereocenters. The van der Waals surface area contributed by atoms with Crippen LogP contribution in [0.1, 0.15) is 74.5 Å². The van der Waals surface area contributed by atoms with Crippen LogP contribution in [0.5, 0.6) is 0 Å². The van der Waals surface area contributed by atoms with Crippen LogP contribution in [-0.4, -0.2) is 40.3 Å². The van der Waals surface area contributed by atoms with E-state index in [1.807, 2.05) is 12.1 Å². The van der Waals surface area contributed by atoms with E-state index in [1.54, 1.807) is 58.9 Å². The highest BCUT2D eigenvalue weighted by molar-refractivity contribution is 7.96. The number of carbonyl (C=O) groups excluding carboxylic acids is 3. The lowest BCUT2D eigenvalue weighted by atomic mass is 9.95. The number of carbonyl (C=O) groups is 3. The van der Waals surface area contributed by atoms with Gasteiger partial charge in [-0.15, -0.1) is 12.6 Å². The molecule has 1 fully saturated rings. The number of thiol groups is 1. The minimum Gasteiger partial charge on any atom is -0.444 e. The predicted octanol–water partition coefficient (Wildman–Crippen LogP) is 4.20. The minimum atomic E-state index is -1.15. The molecule has 196 valence electrons. The monoisotopic (exact) mass is 521 g/mol. The molecule has 0 bridgehead atoms.